The highest BCUT2D eigenvalue weighted by molar-refractivity contribution is 7.26. The molecule has 0 saturated carbocycles. The second-order valence-electron chi connectivity index (χ2n) is 13.6. The number of rotatable bonds is 5. The molecule has 0 unspecified atom stereocenters. The van der Waals surface area contributed by atoms with E-state index in [9.17, 15) is 0 Å². The molecule has 0 radical (unpaired) electrons. The number of thiophene rings is 2. The molecule has 0 spiro atoms. The molecule has 2 heterocycles. The van der Waals surface area contributed by atoms with Crippen molar-refractivity contribution in [3.63, 3.8) is 0 Å². The quantitative estimate of drug-likeness (QED) is 0.172. The van der Waals surface area contributed by atoms with Crippen LogP contribution in [0.3, 0.4) is 0 Å². The molecule has 0 N–H and O–H groups in total. The Balaban J connectivity index is 1.06. The highest BCUT2D eigenvalue weighted by atomic mass is 32.1. The van der Waals surface area contributed by atoms with Gasteiger partial charge in [0, 0.05) is 47.0 Å². The van der Waals surface area contributed by atoms with Gasteiger partial charge >= 0.3 is 0 Å². The van der Waals surface area contributed by atoms with Crippen molar-refractivity contribution in [2.45, 2.75) is 0 Å². The number of nitrogens with zero attached hydrogens (tertiary/aromatic N) is 1. The molecule has 0 fully saturated rings. The zero-order valence-corrected chi connectivity index (χ0v) is 30.3. The van der Waals surface area contributed by atoms with E-state index in [0.29, 0.717) is 0 Å². The molecule has 9 aromatic carbocycles. The molecule has 248 valence electrons. The average Bonchev–Trinajstić information content (AvgIpc) is 3.81. The molecule has 0 aliphatic heterocycles. The minimum Gasteiger partial charge on any atom is -0.309 e. The molecule has 0 amide bonds. The summed E-state index contributed by atoms with van der Waals surface area (Å²) in [5.74, 6) is 0. The summed E-state index contributed by atoms with van der Waals surface area (Å²) in [6.07, 6.45) is 0. The molecule has 0 bridgehead atoms. The monoisotopic (exact) mass is 709 g/mol. The van der Waals surface area contributed by atoms with Crippen LogP contribution in [-0.4, -0.2) is 0 Å². The molecule has 3 heteroatoms. The van der Waals surface area contributed by atoms with Crippen molar-refractivity contribution >= 4 is 102 Å². The second kappa shape index (κ2) is 12.2. The van der Waals surface area contributed by atoms with Crippen LogP contribution in [0.5, 0.6) is 0 Å². The Hall–Kier alpha value is -6.26. The maximum Gasteiger partial charge on any atom is 0.0640 e. The lowest BCUT2D eigenvalue weighted by Crippen LogP contribution is -2.10. The van der Waals surface area contributed by atoms with Crippen LogP contribution in [-0.2, 0) is 0 Å². The van der Waals surface area contributed by atoms with E-state index in [1.54, 1.807) is 0 Å². The maximum atomic E-state index is 2.43. The van der Waals surface area contributed by atoms with Gasteiger partial charge < -0.3 is 4.90 Å². The summed E-state index contributed by atoms with van der Waals surface area (Å²) in [4.78, 5) is 2.43. The molecule has 11 aromatic rings. The van der Waals surface area contributed by atoms with Crippen molar-refractivity contribution in [2.24, 2.45) is 0 Å². The predicted molar refractivity (Wildman–Crippen MR) is 233 cm³/mol. The van der Waals surface area contributed by atoms with Crippen LogP contribution in [0.4, 0.5) is 17.1 Å². The average molecular weight is 710 g/mol. The van der Waals surface area contributed by atoms with E-state index < -0.39 is 0 Å². The van der Waals surface area contributed by atoms with E-state index in [2.05, 4.69) is 193 Å². The van der Waals surface area contributed by atoms with Crippen LogP contribution >= 0.6 is 22.7 Å². The molecule has 0 aliphatic rings. The molecule has 0 saturated heterocycles. The van der Waals surface area contributed by atoms with E-state index in [4.69, 9.17) is 0 Å². The zero-order chi connectivity index (χ0) is 34.9. The Labute approximate surface area is 315 Å². The number of hydrogen-bond acceptors (Lipinski definition) is 3. The van der Waals surface area contributed by atoms with Gasteiger partial charge in [-0.2, -0.15) is 0 Å². The minimum absolute atomic E-state index is 1.13. The third kappa shape index (κ3) is 4.89. The largest absolute Gasteiger partial charge is 0.309 e. The summed E-state index contributed by atoms with van der Waals surface area (Å²) < 4.78 is 5.27. The lowest BCUT2D eigenvalue weighted by Gasteiger charge is -2.26. The Morgan fingerprint density at radius 1 is 0.321 bits per heavy atom. The van der Waals surface area contributed by atoms with Gasteiger partial charge in [0.2, 0.25) is 0 Å². The van der Waals surface area contributed by atoms with Crippen molar-refractivity contribution in [2.75, 3.05) is 4.90 Å². The maximum absolute atomic E-state index is 2.43. The Morgan fingerprint density at radius 2 is 0.868 bits per heavy atom. The van der Waals surface area contributed by atoms with Crippen LogP contribution < -0.4 is 4.90 Å². The molecule has 0 atom stereocenters. The second-order valence-corrected chi connectivity index (χ2v) is 15.8. The summed E-state index contributed by atoms with van der Waals surface area (Å²) in [5, 5.41) is 10.4. The van der Waals surface area contributed by atoms with Gasteiger partial charge in [-0.25, -0.2) is 0 Å². The number of hydrogen-bond donors (Lipinski definition) is 0. The standard InChI is InChI=1S/C50H31NS2/c1-2-12-37-32(10-1)11-7-15-38(37)33-22-26-35(27-23-33)51(45-19-9-18-43-41-13-3-5-20-46(41)53-50(43)45)36-28-24-34(25-29-36)39-16-8-17-42-40(39)30-31-48-49(42)44-14-4-6-21-47(44)52-48/h1-31H. The molecule has 2 aromatic heterocycles. The molecule has 0 aliphatic carbocycles. The Bertz CT molecular complexity index is 3160. The smallest absolute Gasteiger partial charge is 0.0640 e. The Kier molecular flexibility index (Phi) is 6.97. The molecule has 11 rings (SSSR count). The lowest BCUT2D eigenvalue weighted by atomic mass is 9.95. The first-order valence-corrected chi connectivity index (χ1v) is 19.6. The summed E-state index contributed by atoms with van der Waals surface area (Å²) in [6, 6.07) is 69.1. The zero-order valence-electron chi connectivity index (χ0n) is 28.7. The van der Waals surface area contributed by atoms with Gasteiger partial charge in [-0.1, -0.05) is 140 Å². The summed E-state index contributed by atoms with van der Waals surface area (Å²) in [5.41, 5.74) is 8.37. The van der Waals surface area contributed by atoms with Crippen LogP contribution in [0.25, 0.3) is 84.1 Å². The first-order valence-electron chi connectivity index (χ1n) is 18.0. The fourth-order valence-corrected chi connectivity index (χ4v) is 10.6. The van der Waals surface area contributed by atoms with Gasteiger partial charge in [0.25, 0.3) is 0 Å². The highest BCUT2D eigenvalue weighted by Crippen LogP contribution is 2.46. The molecule has 53 heavy (non-hydrogen) atoms. The van der Waals surface area contributed by atoms with Crippen LogP contribution in [0.1, 0.15) is 0 Å². The van der Waals surface area contributed by atoms with E-state index in [0.717, 1.165) is 11.4 Å². The van der Waals surface area contributed by atoms with Crippen molar-refractivity contribution in [3.8, 4) is 22.3 Å². The third-order valence-electron chi connectivity index (χ3n) is 10.7. The minimum atomic E-state index is 1.13. The molecule has 1 nitrogen and oxygen atoms in total. The van der Waals surface area contributed by atoms with Crippen molar-refractivity contribution < 1.29 is 0 Å². The van der Waals surface area contributed by atoms with Crippen LogP contribution in [0, 0.1) is 0 Å². The molecular weight excluding hydrogens is 679 g/mol. The van der Waals surface area contributed by atoms with Crippen molar-refractivity contribution in [3.05, 3.63) is 188 Å². The topological polar surface area (TPSA) is 3.24 Å². The Morgan fingerprint density at radius 3 is 1.62 bits per heavy atom. The molecular formula is C50H31NS2. The predicted octanol–water partition coefficient (Wildman–Crippen LogP) is 15.5. The fraction of sp³-hybridized carbons (Fsp3) is 0. The van der Waals surface area contributed by atoms with Crippen LogP contribution in [0.15, 0.2) is 188 Å². The summed E-state index contributed by atoms with van der Waals surface area (Å²) >= 11 is 3.75. The number of fused-ring (bicyclic) bond motifs is 9. The van der Waals surface area contributed by atoms with Gasteiger partial charge in [-0.15, -0.1) is 22.7 Å². The lowest BCUT2D eigenvalue weighted by molar-refractivity contribution is 1.30. The summed E-state index contributed by atoms with van der Waals surface area (Å²) in [7, 11) is 0. The SMILES string of the molecule is c1ccc2c(-c3ccc(N(c4ccc(-c5cccc6c5ccc5sc7ccccc7c56)cc4)c4cccc5c4sc4ccccc45)cc3)cccc2c1. The number of benzene rings is 9. The van der Waals surface area contributed by atoms with Gasteiger partial charge in [0.1, 0.15) is 0 Å². The summed E-state index contributed by atoms with van der Waals surface area (Å²) in [6.45, 7) is 0. The van der Waals surface area contributed by atoms with Gasteiger partial charge in [-0.3, -0.25) is 0 Å². The van der Waals surface area contributed by atoms with Gasteiger partial charge in [-0.05, 0) is 92.3 Å². The normalized spacial score (nSPS) is 11.8. The first kappa shape index (κ1) is 30.4. The number of anilines is 3. The van der Waals surface area contributed by atoms with E-state index in [1.165, 1.54) is 89.8 Å². The van der Waals surface area contributed by atoms with E-state index in [1.807, 2.05) is 22.7 Å². The van der Waals surface area contributed by atoms with E-state index in [-0.39, 0.29) is 0 Å². The first-order chi connectivity index (χ1) is 26.3. The fourth-order valence-electron chi connectivity index (χ4n) is 8.23. The van der Waals surface area contributed by atoms with Crippen LogP contribution in [0.2, 0.25) is 0 Å². The van der Waals surface area contributed by atoms with E-state index >= 15 is 0 Å². The van der Waals surface area contributed by atoms with Crippen molar-refractivity contribution in [1.82, 2.24) is 0 Å². The third-order valence-corrected chi connectivity index (χ3v) is 13.0. The van der Waals surface area contributed by atoms with Gasteiger partial charge in [0.15, 0.2) is 0 Å². The van der Waals surface area contributed by atoms with Gasteiger partial charge in [0.05, 0.1) is 10.4 Å². The highest BCUT2D eigenvalue weighted by Gasteiger charge is 2.19. The van der Waals surface area contributed by atoms with Crippen molar-refractivity contribution in [1.29, 1.82) is 0 Å².